The standard InChI is InChI=1S/C23H20BrF4N5O2/c1-35-20-7-6-17(21(24)31-20)33-12-32(16-5-4-14(25)9-13(16)3-2-8-29)18-11-30-19(23(26,27)28)10-15(18)22(33)34/h4-7,9-11H,2-3,8,12,29H2,1H3. The minimum Gasteiger partial charge on any atom is -0.481 e. The number of anilines is 3. The van der Waals surface area contributed by atoms with Crippen molar-refractivity contribution in [3.05, 3.63) is 69.8 Å². The minimum absolute atomic E-state index is 0.0766. The van der Waals surface area contributed by atoms with Crippen molar-refractivity contribution in [3.8, 4) is 5.88 Å². The third-order valence-corrected chi connectivity index (χ3v) is 6.09. The van der Waals surface area contributed by atoms with Crippen LogP contribution in [0.25, 0.3) is 0 Å². The highest BCUT2D eigenvalue weighted by atomic mass is 79.9. The summed E-state index contributed by atoms with van der Waals surface area (Å²) < 4.78 is 59.7. The van der Waals surface area contributed by atoms with Crippen LogP contribution in [0.2, 0.25) is 0 Å². The van der Waals surface area contributed by atoms with Gasteiger partial charge in [-0.25, -0.2) is 14.4 Å². The predicted octanol–water partition coefficient (Wildman–Crippen LogP) is 5.05. The Bertz CT molecular complexity index is 1270. The number of hydrogen-bond acceptors (Lipinski definition) is 6. The molecule has 0 fully saturated rings. The molecule has 35 heavy (non-hydrogen) atoms. The monoisotopic (exact) mass is 553 g/mol. The fraction of sp³-hybridized carbons (Fsp3) is 0.261. The molecule has 7 nitrogen and oxygen atoms in total. The normalized spacial score (nSPS) is 13.7. The third-order valence-electron chi connectivity index (χ3n) is 5.51. The summed E-state index contributed by atoms with van der Waals surface area (Å²) in [6, 6.07) is 7.97. The Hall–Kier alpha value is -3.25. The molecule has 2 N–H and O–H groups in total. The first-order valence-electron chi connectivity index (χ1n) is 10.5. The van der Waals surface area contributed by atoms with E-state index >= 15 is 0 Å². The summed E-state index contributed by atoms with van der Waals surface area (Å²) in [5, 5.41) is 0. The summed E-state index contributed by atoms with van der Waals surface area (Å²) in [6.07, 6.45) is -2.72. The van der Waals surface area contributed by atoms with Crippen LogP contribution < -0.4 is 20.3 Å². The van der Waals surface area contributed by atoms with Gasteiger partial charge < -0.3 is 15.4 Å². The van der Waals surface area contributed by atoms with Crippen molar-refractivity contribution < 1.29 is 27.1 Å². The first kappa shape index (κ1) is 24.9. The van der Waals surface area contributed by atoms with E-state index < -0.39 is 23.6 Å². The number of methoxy groups -OCH3 is 1. The van der Waals surface area contributed by atoms with Gasteiger partial charge in [-0.05, 0) is 71.2 Å². The Labute approximate surface area is 206 Å². The number of halogens is 5. The summed E-state index contributed by atoms with van der Waals surface area (Å²) in [4.78, 5) is 24.1. The Balaban J connectivity index is 1.89. The van der Waals surface area contributed by atoms with Crippen molar-refractivity contribution in [2.75, 3.05) is 30.1 Å². The summed E-state index contributed by atoms with van der Waals surface area (Å²) in [6.45, 7) is 0.296. The Morgan fingerprint density at radius 1 is 1.11 bits per heavy atom. The maximum atomic E-state index is 14.1. The van der Waals surface area contributed by atoms with E-state index in [1.54, 1.807) is 11.0 Å². The molecule has 1 aliphatic heterocycles. The van der Waals surface area contributed by atoms with Crippen LogP contribution in [0, 0.1) is 5.82 Å². The maximum absolute atomic E-state index is 14.1. The number of alkyl halides is 3. The molecular formula is C23H20BrF4N5O2. The zero-order chi connectivity index (χ0) is 25.3. The lowest BCUT2D eigenvalue weighted by Crippen LogP contribution is -2.45. The molecule has 1 aliphatic rings. The summed E-state index contributed by atoms with van der Waals surface area (Å²) >= 11 is 3.31. The van der Waals surface area contributed by atoms with Gasteiger partial charge in [-0.3, -0.25) is 9.69 Å². The van der Waals surface area contributed by atoms with E-state index in [1.165, 1.54) is 36.3 Å². The van der Waals surface area contributed by atoms with Crippen molar-refractivity contribution in [2.45, 2.75) is 19.0 Å². The molecule has 0 saturated carbocycles. The van der Waals surface area contributed by atoms with E-state index in [4.69, 9.17) is 10.5 Å². The quantitative estimate of drug-likeness (QED) is 0.339. The van der Waals surface area contributed by atoms with E-state index in [9.17, 15) is 22.4 Å². The lowest BCUT2D eigenvalue weighted by Gasteiger charge is -2.39. The lowest BCUT2D eigenvalue weighted by molar-refractivity contribution is -0.141. The Morgan fingerprint density at radius 3 is 2.51 bits per heavy atom. The minimum atomic E-state index is -4.74. The first-order chi connectivity index (χ1) is 16.6. The third kappa shape index (κ3) is 4.94. The van der Waals surface area contributed by atoms with Gasteiger partial charge in [-0.15, -0.1) is 0 Å². The maximum Gasteiger partial charge on any atom is 0.433 e. The fourth-order valence-electron chi connectivity index (χ4n) is 3.84. The second-order valence-corrected chi connectivity index (χ2v) is 8.47. The molecule has 3 heterocycles. The van der Waals surface area contributed by atoms with Gasteiger partial charge in [0.1, 0.15) is 22.8 Å². The largest absolute Gasteiger partial charge is 0.481 e. The SMILES string of the molecule is COc1ccc(N2CN(c3ccc(F)cc3CCCN)c3cnc(C(F)(F)F)cc3C2=O)c(Br)n1. The van der Waals surface area contributed by atoms with Gasteiger partial charge in [0.05, 0.1) is 30.2 Å². The molecule has 0 spiro atoms. The number of amides is 1. The number of nitrogens with two attached hydrogens (primary N) is 1. The highest BCUT2D eigenvalue weighted by Crippen LogP contribution is 2.41. The number of hydrogen-bond donors (Lipinski definition) is 1. The first-order valence-corrected chi connectivity index (χ1v) is 11.3. The van der Waals surface area contributed by atoms with E-state index in [1.807, 2.05) is 0 Å². The van der Waals surface area contributed by atoms with Crippen molar-refractivity contribution in [1.82, 2.24) is 9.97 Å². The number of aryl methyl sites for hydroxylation is 1. The Kier molecular flexibility index (Phi) is 6.95. The average Bonchev–Trinajstić information content (AvgIpc) is 2.83. The number of fused-ring (bicyclic) bond motifs is 1. The number of benzene rings is 1. The van der Waals surface area contributed by atoms with Crippen LogP contribution in [0.15, 0.2) is 47.2 Å². The topological polar surface area (TPSA) is 84.6 Å². The van der Waals surface area contributed by atoms with Gasteiger partial charge in [0.25, 0.3) is 5.91 Å². The van der Waals surface area contributed by atoms with Crippen LogP contribution in [0.1, 0.15) is 28.0 Å². The molecule has 0 atom stereocenters. The molecule has 0 unspecified atom stereocenters. The van der Waals surface area contributed by atoms with Crippen LogP contribution in [-0.4, -0.2) is 36.2 Å². The number of nitrogens with zero attached hydrogens (tertiary/aromatic N) is 4. The second kappa shape index (κ2) is 9.78. The van der Waals surface area contributed by atoms with Gasteiger partial charge in [0.15, 0.2) is 0 Å². The van der Waals surface area contributed by atoms with Crippen LogP contribution >= 0.6 is 15.9 Å². The van der Waals surface area contributed by atoms with Gasteiger partial charge in [0, 0.05) is 11.8 Å². The van der Waals surface area contributed by atoms with Crippen LogP contribution in [-0.2, 0) is 12.6 Å². The van der Waals surface area contributed by atoms with Crippen molar-refractivity contribution in [3.63, 3.8) is 0 Å². The fourth-order valence-corrected chi connectivity index (χ4v) is 4.36. The van der Waals surface area contributed by atoms with E-state index in [0.29, 0.717) is 36.3 Å². The van der Waals surface area contributed by atoms with E-state index in [-0.39, 0.29) is 28.4 Å². The molecule has 4 rings (SSSR count). The van der Waals surface area contributed by atoms with Gasteiger partial charge in [-0.1, -0.05) is 0 Å². The van der Waals surface area contributed by atoms with Gasteiger partial charge in [-0.2, -0.15) is 13.2 Å². The lowest BCUT2D eigenvalue weighted by atomic mass is 10.0. The molecule has 0 aliphatic carbocycles. The molecule has 0 bridgehead atoms. The molecule has 2 aromatic heterocycles. The predicted molar refractivity (Wildman–Crippen MR) is 125 cm³/mol. The van der Waals surface area contributed by atoms with Gasteiger partial charge >= 0.3 is 6.18 Å². The van der Waals surface area contributed by atoms with E-state index in [2.05, 4.69) is 25.9 Å². The number of aromatic nitrogens is 2. The van der Waals surface area contributed by atoms with E-state index in [0.717, 1.165) is 12.3 Å². The molecular weight excluding hydrogens is 534 g/mol. The van der Waals surface area contributed by atoms with Crippen molar-refractivity contribution in [2.24, 2.45) is 5.73 Å². The van der Waals surface area contributed by atoms with Gasteiger partial charge in [0.2, 0.25) is 5.88 Å². The number of rotatable bonds is 6. The zero-order valence-electron chi connectivity index (χ0n) is 18.4. The summed E-state index contributed by atoms with van der Waals surface area (Å²) in [7, 11) is 1.43. The second-order valence-electron chi connectivity index (χ2n) is 7.72. The molecule has 184 valence electrons. The number of carbonyl (C=O) groups is 1. The molecule has 3 aromatic rings. The molecule has 0 saturated heterocycles. The smallest absolute Gasteiger partial charge is 0.433 e. The number of pyridine rings is 2. The molecule has 12 heteroatoms. The van der Waals surface area contributed by atoms with Crippen molar-refractivity contribution in [1.29, 1.82) is 0 Å². The average molecular weight is 554 g/mol. The number of ether oxygens (including phenoxy) is 1. The summed E-state index contributed by atoms with van der Waals surface area (Å²) in [5.41, 5.74) is 5.87. The van der Waals surface area contributed by atoms with Crippen LogP contribution in [0.5, 0.6) is 5.88 Å². The molecule has 0 radical (unpaired) electrons. The highest BCUT2D eigenvalue weighted by molar-refractivity contribution is 9.10. The van der Waals surface area contributed by atoms with Crippen LogP contribution in [0.4, 0.5) is 34.6 Å². The van der Waals surface area contributed by atoms with Crippen molar-refractivity contribution >= 4 is 38.9 Å². The molecule has 1 amide bonds. The summed E-state index contributed by atoms with van der Waals surface area (Å²) in [5.74, 6) is -0.838. The Morgan fingerprint density at radius 2 is 1.86 bits per heavy atom. The zero-order valence-corrected chi connectivity index (χ0v) is 20.0. The highest BCUT2D eigenvalue weighted by Gasteiger charge is 2.38. The number of carbonyl (C=O) groups excluding carboxylic acids is 1. The molecule has 1 aromatic carbocycles. The van der Waals surface area contributed by atoms with Crippen LogP contribution in [0.3, 0.4) is 0 Å².